The Morgan fingerprint density at radius 3 is 2.84 bits per heavy atom. The number of aromatic nitrogens is 3. The van der Waals surface area contributed by atoms with Gasteiger partial charge in [0.25, 0.3) is 5.91 Å². The molecular formula is C22H23N5O4. The third-order valence-electron chi connectivity index (χ3n) is 5.09. The largest absolute Gasteiger partial charge is 0.493 e. The van der Waals surface area contributed by atoms with Gasteiger partial charge in [-0.1, -0.05) is 23.8 Å². The van der Waals surface area contributed by atoms with Gasteiger partial charge in [-0.2, -0.15) is 10.1 Å². The van der Waals surface area contributed by atoms with Crippen molar-refractivity contribution >= 4 is 23.5 Å². The zero-order chi connectivity index (χ0) is 22.0. The quantitative estimate of drug-likeness (QED) is 0.634. The first-order chi connectivity index (χ1) is 14.9. The average molecular weight is 421 g/mol. The van der Waals surface area contributed by atoms with E-state index in [-0.39, 0.29) is 30.9 Å². The second-order valence-corrected chi connectivity index (χ2v) is 7.36. The zero-order valence-electron chi connectivity index (χ0n) is 17.5. The summed E-state index contributed by atoms with van der Waals surface area (Å²) in [6.07, 6.45) is 1.63. The summed E-state index contributed by atoms with van der Waals surface area (Å²) in [5.74, 6) is 0.899. The molecule has 0 saturated carbocycles. The maximum absolute atomic E-state index is 12.3. The molecule has 31 heavy (non-hydrogen) atoms. The van der Waals surface area contributed by atoms with Gasteiger partial charge < -0.3 is 14.8 Å². The number of anilines is 2. The average Bonchev–Trinajstić information content (AvgIpc) is 3.22. The Morgan fingerprint density at radius 2 is 2.06 bits per heavy atom. The lowest BCUT2D eigenvalue weighted by atomic mass is 10.0. The summed E-state index contributed by atoms with van der Waals surface area (Å²) in [5, 5.41) is 9.75. The van der Waals surface area contributed by atoms with Crippen molar-refractivity contribution in [1.82, 2.24) is 14.8 Å². The van der Waals surface area contributed by atoms with Crippen molar-refractivity contribution < 1.29 is 19.1 Å². The van der Waals surface area contributed by atoms with Crippen LogP contribution in [-0.4, -0.2) is 40.3 Å². The lowest BCUT2D eigenvalue weighted by Crippen LogP contribution is -2.29. The van der Waals surface area contributed by atoms with Crippen LogP contribution in [0.1, 0.15) is 29.2 Å². The van der Waals surface area contributed by atoms with Crippen LogP contribution in [0.3, 0.4) is 0 Å². The van der Waals surface area contributed by atoms with E-state index in [1.807, 2.05) is 38.1 Å². The number of hydrogen-bond acceptors (Lipinski definition) is 6. The zero-order valence-corrected chi connectivity index (χ0v) is 17.5. The maximum atomic E-state index is 12.3. The molecule has 1 aliphatic rings. The van der Waals surface area contributed by atoms with E-state index >= 15 is 0 Å². The summed E-state index contributed by atoms with van der Waals surface area (Å²) in [5.41, 5.74) is 3.69. The van der Waals surface area contributed by atoms with E-state index in [9.17, 15) is 9.59 Å². The Hall–Kier alpha value is -3.88. The summed E-state index contributed by atoms with van der Waals surface area (Å²) < 4.78 is 12.8. The van der Waals surface area contributed by atoms with Gasteiger partial charge in [0.15, 0.2) is 18.1 Å². The van der Waals surface area contributed by atoms with E-state index in [4.69, 9.17) is 9.47 Å². The Balaban J connectivity index is 1.47. The van der Waals surface area contributed by atoms with Gasteiger partial charge in [-0.05, 0) is 43.2 Å². The lowest BCUT2D eigenvalue weighted by Gasteiger charge is -2.24. The summed E-state index contributed by atoms with van der Waals surface area (Å²) in [7, 11) is 1.52. The predicted octanol–water partition coefficient (Wildman–Crippen LogP) is 2.85. The number of rotatable bonds is 6. The minimum Gasteiger partial charge on any atom is -0.493 e. The Kier molecular flexibility index (Phi) is 5.57. The van der Waals surface area contributed by atoms with Gasteiger partial charge in [-0.15, -0.1) is 0 Å². The first-order valence-corrected chi connectivity index (χ1v) is 9.82. The summed E-state index contributed by atoms with van der Waals surface area (Å²) in [4.78, 5) is 28.4. The molecular weight excluding hydrogens is 398 g/mol. The monoisotopic (exact) mass is 421 g/mol. The summed E-state index contributed by atoms with van der Waals surface area (Å²) >= 11 is 0. The van der Waals surface area contributed by atoms with Crippen molar-refractivity contribution in [2.45, 2.75) is 26.3 Å². The van der Waals surface area contributed by atoms with Crippen molar-refractivity contribution in [2.24, 2.45) is 0 Å². The van der Waals surface area contributed by atoms with Gasteiger partial charge in [-0.3, -0.25) is 14.9 Å². The third kappa shape index (κ3) is 4.35. The number of amides is 2. The van der Waals surface area contributed by atoms with Crippen LogP contribution in [-0.2, 0) is 9.59 Å². The molecule has 1 aromatic heterocycles. The predicted molar refractivity (Wildman–Crippen MR) is 114 cm³/mol. The highest BCUT2D eigenvalue weighted by Crippen LogP contribution is 2.35. The number of carbonyl (C=O) groups excluding carboxylic acids is 2. The highest BCUT2D eigenvalue weighted by atomic mass is 16.5. The fourth-order valence-corrected chi connectivity index (χ4v) is 3.56. The fraction of sp³-hybridized carbons (Fsp3) is 0.273. The number of carbonyl (C=O) groups is 2. The second kappa shape index (κ2) is 8.47. The number of hydrogen-bond donors (Lipinski definition) is 2. The normalized spacial score (nSPS) is 15.1. The molecule has 0 bridgehead atoms. The SMILES string of the molecule is COc1cc([C@@H]2CC(=O)Nc3ncnn32)ccc1OCC(=O)Nc1ccc(C)cc1C. The molecule has 2 amide bonds. The number of fused-ring (bicyclic) bond motifs is 1. The van der Waals surface area contributed by atoms with E-state index in [1.54, 1.807) is 16.8 Å². The number of aryl methyl sites for hydroxylation is 2. The van der Waals surface area contributed by atoms with Crippen molar-refractivity contribution in [3.05, 3.63) is 59.4 Å². The van der Waals surface area contributed by atoms with Crippen LogP contribution in [0, 0.1) is 13.8 Å². The highest BCUT2D eigenvalue weighted by Gasteiger charge is 2.28. The molecule has 1 aliphatic heterocycles. The minimum atomic E-state index is -0.304. The molecule has 2 aromatic carbocycles. The Bertz CT molecular complexity index is 1140. The number of nitrogens with one attached hydrogen (secondary N) is 2. The van der Waals surface area contributed by atoms with E-state index < -0.39 is 0 Å². The Morgan fingerprint density at radius 1 is 1.23 bits per heavy atom. The first kappa shape index (κ1) is 20.4. The molecule has 9 nitrogen and oxygen atoms in total. The van der Waals surface area contributed by atoms with Crippen LogP contribution in [0.4, 0.5) is 11.6 Å². The number of benzene rings is 2. The van der Waals surface area contributed by atoms with E-state index in [0.717, 1.165) is 22.4 Å². The Labute approximate surface area is 179 Å². The molecule has 0 radical (unpaired) electrons. The standard InChI is InChI=1S/C22H23N5O4/c1-13-4-6-16(14(2)8-13)25-21(29)11-31-18-7-5-15(9-19(18)30-3)17-10-20(28)26-22-23-12-24-27(17)22/h4-9,12,17H,10-11H2,1-3H3,(H,25,29)(H,23,24,26,28)/t17-/m0/s1. The molecule has 9 heteroatoms. The van der Waals surface area contributed by atoms with Gasteiger partial charge in [0.1, 0.15) is 6.33 Å². The number of methoxy groups -OCH3 is 1. The second-order valence-electron chi connectivity index (χ2n) is 7.36. The lowest BCUT2D eigenvalue weighted by molar-refractivity contribution is -0.118. The van der Waals surface area contributed by atoms with Crippen LogP contribution in [0.2, 0.25) is 0 Å². The molecule has 4 rings (SSSR count). The van der Waals surface area contributed by atoms with Gasteiger partial charge >= 0.3 is 0 Å². The number of ether oxygens (including phenoxy) is 2. The van der Waals surface area contributed by atoms with Crippen molar-refractivity contribution in [2.75, 3.05) is 24.4 Å². The molecule has 0 saturated heterocycles. The van der Waals surface area contributed by atoms with Crippen LogP contribution < -0.4 is 20.1 Å². The van der Waals surface area contributed by atoms with Crippen molar-refractivity contribution in [1.29, 1.82) is 0 Å². The summed E-state index contributed by atoms with van der Waals surface area (Å²) in [6, 6.07) is 10.8. The van der Waals surface area contributed by atoms with E-state index in [2.05, 4.69) is 20.7 Å². The van der Waals surface area contributed by atoms with Crippen LogP contribution in [0.25, 0.3) is 0 Å². The smallest absolute Gasteiger partial charge is 0.262 e. The fourth-order valence-electron chi connectivity index (χ4n) is 3.56. The molecule has 2 heterocycles. The molecule has 1 atom stereocenters. The van der Waals surface area contributed by atoms with Crippen LogP contribution in [0.5, 0.6) is 11.5 Å². The molecule has 3 aromatic rings. The van der Waals surface area contributed by atoms with E-state index in [1.165, 1.54) is 13.4 Å². The van der Waals surface area contributed by atoms with Crippen LogP contribution >= 0.6 is 0 Å². The van der Waals surface area contributed by atoms with E-state index in [0.29, 0.717) is 17.4 Å². The minimum absolute atomic E-state index is 0.132. The molecule has 0 aliphatic carbocycles. The van der Waals surface area contributed by atoms with Gasteiger partial charge in [0.05, 0.1) is 19.6 Å². The van der Waals surface area contributed by atoms with Crippen molar-refractivity contribution in [3.8, 4) is 11.5 Å². The van der Waals surface area contributed by atoms with Gasteiger partial charge in [0.2, 0.25) is 11.9 Å². The number of nitrogens with zero attached hydrogens (tertiary/aromatic N) is 3. The highest BCUT2D eigenvalue weighted by molar-refractivity contribution is 5.92. The molecule has 0 unspecified atom stereocenters. The topological polar surface area (TPSA) is 107 Å². The van der Waals surface area contributed by atoms with Gasteiger partial charge in [0, 0.05) is 5.69 Å². The van der Waals surface area contributed by atoms with Gasteiger partial charge in [-0.25, -0.2) is 4.68 Å². The maximum Gasteiger partial charge on any atom is 0.262 e. The first-order valence-electron chi connectivity index (χ1n) is 9.82. The van der Waals surface area contributed by atoms with Crippen molar-refractivity contribution in [3.63, 3.8) is 0 Å². The molecule has 0 fully saturated rings. The van der Waals surface area contributed by atoms with Crippen LogP contribution in [0.15, 0.2) is 42.7 Å². The molecule has 160 valence electrons. The molecule has 0 spiro atoms. The third-order valence-corrected chi connectivity index (χ3v) is 5.09. The molecule has 2 N–H and O–H groups in total. The summed E-state index contributed by atoms with van der Waals surface area (Å²) in [6.45, 7) is 3.78.